The predicted octanol–water partition coefficient (Wildman–Crippen LogP) is 1.28. The van der Waals surface area contributed by atoms with E-state index in [1.807, 2.05) is 0 Å². The number of nitrogens with one attached hydrogen (secondary N) is 1. The van der Waals surface area contributed by atoms with Gasteiger partial charge in [0.25, 0.3) is 0 Å². The van der Waals surface area contributed by atoms with Gasteiger partial charge in [-0.05, 0) is 51.4 Å². The van der Waals surface area contributed by atoms with Crippen LogP contribution in [0.4, 0.5) is 0 Å². The fraction of sp³-hybridized carbons (Fsp3) is 0.909. The van der Waals surface area contributed by atoms with Gasteiger partial charge in [0, 0.05) is 5.92 Å². The van der Waals surface area contributed by atoms with Crippen LogP contribution in [0.25, 0.3) is 0 Å². The molecule has 2 aliphatic carbocycles. The van der Waals surface area contributed by atoms with E-state index in [-0.39, 0.29) is 11.8 Å². The Labute approximate surface area is 96.8 Å². The van der Waals surface area contributed by atoms with Crippen molar-refractivity contribution >= 4 is 15.9 Å². The minimum absolute atomic E-state index is 0.0477. The van der Waals surface area contributed by atoms with Crippen molar-refractivity contribution < 1.29 is 13.2 Å². The molecule has 0 saturated heterocycles. The van der Waals surface area contributed by atoms with Crippen LogP contribution in [0, 0.1) is 17.8 Å². The van der Waals surface area contributed by atoms with Gasteiger partial charge in [-0.3, -0.25) is 9.52 Å². The third-order valence-corrected chi connectivity index (χ3v) is 5.15. The number of carbonyl (C=O) groups excluding carboxylic acids is 1. The Bertz CT molecular complexity index is 368. The van der Waals surface area contributed by atoms with Crippen molar-refractivity contribution in [2.24, 2.45) is 17.8 Å². The summed E-state index contributed by atoms with van der Waals surface area (Å²) in [6.45, 7) is 3.16. The summed E-state index contributed by atoms with van der Waals surface area (Å²) in [5, 5.41) is -0.546. The molecule has 0 bridgehead atoms. The molecule has 0 heterocycles. The Hall–Kier alpha value is -0.580. The van der Waals surface area contributed by atoms with Gasteiger partial charge in [-0.15, -0.1) is 0 Å². The summed E-state index contributed by atoms with van der Waals surface area (Å²) in [5.74, 6) is 0.567. The standard InChI is InChI=1S/C11H19NO3S/c1-7(2)16(14,15)12-11(13)10(8-3-4-8)9-5-6-9/h7-10H,3-6H2,1-2H3,(H,12,13). The van der Waals surface area contributed by atoms with Gasteiger partial charge in [0.2, 0.25) is 15.9 Å². The highest BCUT2D eigenvalue weighted by molar-refractivity contribution is 7.90. The molecule has 0 aromatic heterocycles. The van der Waals surface area contributed by atoms with Gasteiger partial charge >= 0.3 is 0 Å². The second-order valence-electron chi connectivity index (χ2n) is 5.26. The van der Waals surface area contributed by atoms with Crippen molar-refractivity contribution in [3.8, 4) is 0 Å². The topological polar surface area (TPSA) is 63.2 Å². The second-order valence-corrected chi connectivity index (χ2v) is 7.50. The average Bonchev–Trinajstić information content (AvgIpc) is 2.95. The molecule has 16 heavy (non-hydrogen) atoms. The highest BCUT2D eigenvalue weighted by atomic mass is 32.2. The van der Waals surface area contributed by atoms with Gasteiger partial charge in [0.15, 0.2) is 0 Å². The summed E-state index contributed by atoms with van der Waals surface area (Å²) in [6.07, 6.45) is 4.32. The Kier molecular flexibility index (Phi) is 2.99. The van der Waals surface area contributed by atoms with E-state index >= 15 is 0 Å². The van der Waals surface area contributed by atoms with Gasteiger partial charge in [0.1, 0.15) is 0 Å². The zero-order valence-electron chi connectivity index (χ0n) is 9.77. The molecule has 0 aliphatic heterocycles. The van der Waals surface area contributed by atoms with E-state index in [4.69, 9.17) is 0 Å². The minimum atomic E-state index is -3.45. The minimum Gasteiger partial charge on any atom is -0.274 e. The van der Waals surface area contributed by atoms with Crippen LogP contribution in [0.15, 0.2) is 0 Å². The molecule has 0 radical (unpaired) electrons. The third kappa shape index (κ3) is 2.56. The lowest BCUT2D eigenvalue weighted by molar-refractivity contribution is -0.124. The molecule has 2 fully saturated rings. The summed E-state index contributed by atoms with van der Waals surface area (Å²) < 4.78 is 25.4. The van der Waals surface area contributed by atoms with E-state index in [1.54, 1.807) is 13.8 Å². The fourth-order valence-electron chi connectivity index (χ4n) is 2.05. The Balaban J connectivity index is 2.01. The molecule has 2 rings (SSSR count). The van der Waals surface area contributed by atoms with Crippen LogP contribution in [0.3, 0.4) is 0 Å². The summed E-state index contributed by atoms with van der Waals surface area (Å²) in [7, 11) is -3.45. The molecule has 0 spiro atoms. The van der Waals surface area contributed by atoms with E-state index in [9.17, 15) is 13.2 Å². The molecule has 1 N–H and O–H groups in total. The van der Waals surface area contributed by atoms with E-state index in [2.05, 4.69) is 4.72 Å². The summed E-state index contributed by atoms with van der Waals surface area (Å²) in [5.41, 5.74) is 0. The number of amides is 1. The van der Waals surface area contributed by atoms with Crippen LogP contribution in [0.5, 0.6) is 0 Å². The van der Waals surface area contributed by atoms with Gasteiger partial charge in [0.05, 0.1) is 5.25 Å². The lowest BCUT2D eigenvalue weighted by atomic mass is 9.97. The first-order valence-electron chi connectivity index (χ1n) is 5.97. The normalized spacial score (nSPS) is 21.5. The molecule has 4 nitrogen and oxygen atoms in total. The molecule has 2 aliphatic rings. The van der Waals surface area contributed by atoms with Crippen LogP contribution in [-0.2, 0) is 14.8 Å². The molecule has 5 heteroatoms. The first kappa shape index (κ1) is 11.9. The number of rotatable bonds is 5. The van der Waals surface area contributed by atoms with Crippen molar-refractivity contribution in [1.82, 2.24) is 4.72 Å². The van der Waals surface area contributed by atoms with Crippen molar-refractivity contribution in [1.29, 1.82) is 0 Å². The molecule has 1 amide bonds. The zero-order valence-corrected chi connectivity index (χ0v) is 10.6. The van der Waals surface area contributed by atoms with E-state index in [0.717, 1.165) is 25.7 Å². The highest BCUT2D eigenvalue weighted by Gasteiger charge is 2.46. The Morgan fingerprint density at radius 1 is 1.12 bits per heavy atom. The Morgan fingerprint density at radius 2 is 1.56 bits per heavy atom. The monoisotopic (exact) mass is 245 g/mol. The number of carbonyl (C=O) groups is 1. The summed E-state index contributed by atoms with van der Waals surface area (Å²) >= 11 is 0. The molecule has 92 valence electrons. The molecular weight excluding hydrogens is 226 g/mol. The van der Waals surface area contributed by atoms with Gasteiger partial charge in [-0.25, -0.2) is 8.42 Å². The average molecular weight is 245 g/mol. The number of sulfonamides is 1. The fourth-order valence-corrected chi connectivity index (χ4v) is 2.70. The summed E-state index contributed by atoms with van der Waals surface area (Å²) in [6, 6.07) is 0. The highest BCUT2D eigenvalue weighted by Crippen LogP contribution is 2.49. The smallest absolute Gasteiger partial charge is 0.237 e. The van der Waals surface area contributed by atoms with Gasteiger partial charge < -0.3 is 0 Å². The first-order chi connectivity index (χ1) is 7.42. The quantitative estimate of drug-likeness (QED) is 0.793. The van der Waals surface area contributed by atoms with Crippen LogP contribution < -0.4 is 4.72 Å². The largest absolute Gasteiger partial charge is 0.274 e. The predicted molar refractivity (Wildman–Crippen MR) is 61.1 cm³/mol. The maximum absolute atomic E-state index is 11.9. The van der Waals surface area contributed by atoms with Crippen molar-refractivity contribution in [2.75, 3.05) is 0 Å². The third-order valence-electron chi connectivity index (χ3n) is 3.43. The second kappa shape index (κ2) is 4.02. The number of hydrogen-bond donors (Lipinski definition) is 1. The van der Waals surface area contributed by atoms with E-state index in [0.29, 0.717) is 11.8 Å². The lowest BCUT2D eigenvalue weighted by Crippen LogP contribution is -2.40. The van der Waals surface area contributed by atoms with Gasteiger partial charge in [-0.1, -0.05) is 0 Å². The van der Waals surface area contributed by atoms with Crippen molar-refractivity contribution in [3.05, 3.63) is 0 Å². The maximum atomic E-state index is 11.9. The van der Waals surface area contributed by atoms with E-state index in [1.165, 1.54) is 0 Å². The molecular formula is C11H19NO3S. The maximum Gasteiger partial charge on any atom is 0.237 e. The Morgan fingerprint density at radius 3 is 1.88 bits per heavy atom. The molecule has 2 saturated carbocycles. The van der Waals surface area contributed by atoms with Crippen molar-refractivity contribution in [2.45, 2.75) is 44.8 Å². The van der Waals surface area contributed by atoms with E-state index < -0.39 is 15.3 Å². The molecule has 0 aromatic carbocycles. The number of hydrogen-bond acceptors (Lipinski definition) is 3. The van der Waals surface area contributed by atoms with Crippen LogP contribution >= 0.6 is 0 Å². The molecule has 0 atom stereocenters. The zero-order chi connectivity index (χ0) is 11.9. The van der Waals surface area contributed by atoms with Crippen LogP contribution in [-0.4, -0.2) is 19.6 Å². The van der Waals surface area contributed by atoms with Gasteiger partial charge in [-0.2, -0.15) is 0 Å². The van der Waals surface area contributed by atoms with Crippen LogP contribution in [0.2, 0.25) is 0 Å². The summed E-state index contributed by atoms with van der Waals surface area (Å²) in [4.78, 5) is 11.9. The molecule has 0 unspecified atom stereocenters. The molecule has 0 aromatic rings. The lowest BCUT2D eigenvalue weighted by Gasteiger charge is -2.16. The van der Waals surface area contributed by atoms with Crippen molar-refractivity contribution in [3.63, 3.8) is 0 Å². The SMILES string of the molecule is CC(C)S(=O)(=O)NC(=O)C(C1CC1)C1CC1. The van der Waals surface area contributed by atoms with Crippen LogP contribution in [0.1, 0.15) is 39.5 Å². The first-order valence-corrected chi connectivity index (χ1v) is 7.52.